The summed E-state index contributed by atoms with van der Waals surface area (Å²) in [6.45, 7) is 1.28. The molecular weight excluding hydrogens is 264 g/mol. The molecule has 8 heteroatoms. The van der Waals surface area contributed by atoms with Crippen LogP contribution in [0.15, 0.2) is 0 Å². The Morgan fingerprint density at radius 2 is 2.06 bits per heavy atom. The Morgan fingerprint density at radius 1 is 1.29 bits per heavy atom. The van der Waals surface area contributed by atoms with E-state index < -0.39 is 25.1 Å². The number of sulfone groups is 1. The van der Waals surface area contributed by atoms with Crippen LogP contribution in [0.1, 0.15) is 19.3 Å². The van der Waals surface area contributed by atoms with E-state index in [0.29, 0.717) is 6.54 Å². The van der Waals surface area contributed by atoms with Gasteiger partial charge in [-0.1, -0.05) is 0 Å². The van der Waals surface area contributed by atoms with Gasteiger partial charge in [0.15, 0.2) is 9.84 Å². The fourth-order valence-electron chi connectivity index (χ4n) is 2.27. The molecule has 0 bridgehead atoms. The molecule has 2 rings (SSSR count). The minimum absolute atomic E-state index is 0.0136. The topological polar surface area (TPSA) is 92.3 Å². The molecule has 0 aromatic carbocycles. The van der Waals surface area contributed by atoms with E-state index in [1.807, 2.05) is 0 Å². The highest BCUT2D eigenvalue weighted by Gasteiger charge is 2.37. The fraction of sp³-hybridized carbons (Fsp3) is 1.00. The van der Waals surface area contributed by atoms with Crippen LogP contribution >= 0.6 is 0 Å². The van der Waals surface area contributed by atoms with E-state index in [1.165, 1.54) is 0 Å². The van der Waals surface area contributed by atoms with Gasteiger partial charge in [0.25, 0.3) is 0 Å². The lowest BCUT2D eigenvalue weighted by Crippen LogP contribution is -2.41. The normalized spacial score (nSPS) is 32.9. The van der Waals surface area contributed by atoms with Crippen molar-refractivity contribution in [2.45, 2.75) is 30.6 Å². The molecule has 0 spiro atoms. The Balaban J connectivity index is 1.90. The molecule has 100 valence electrons. The van der Waals surface area contributed by atoms with Gasteiger partial charge in [-0.15, -0.1) is 0 Å². The van der Waals surface area contributed by atoms with Gasteiger partial charge in [-0.3, -0.25) is 0 Å². The summed E-state index contributed by atoms with van der Waals surface area (Å²) in [5, 5.41) is 2.42. The maximum absolute atomic E-state index is 11.9. The molecule has 2 fully saturated rings. The summed E-state index contributed by atoms with van der Waals surface area (Å²) in [4.78, 5) is 0. The Hall–Kier alpha value is -0.180. The van der Waals surface area contributed by atoms with Crippen LogP contribution in [0.25, 0.3) is 0 Å². The van der Waals surface area contributed by atoms with Gasteiger partial charge in [-0.2, -0.15) is 0 Å². The second-order valence-corrected chi connectivity index (χ2v) is 8.99. The first kappa shape index (κ1) is 13.3. The summed E-state index contributed by atoms with van der Waals surface area (Å²) in [6.07, 6.45) is 2.24. The Morgan fingerprint density at radius 3 is 2.59 bits per heavy atom. The molecule has 0 radical (unpaired) electrons. The van der Waals surface area contributed by atoms with Crippen molar-refractivity contribution in [3.05, 3.63) is 0 Å². The highest BCUT2D eigenvalue weighted by atomic mass is 32.2. The largest absolute Gasteiger partial charge is 0.313 e. The summed E-state index contributed by atoms with van der Waals surface area (Å²) < 4.78 is 48.8. The van der Waals surface area contributed by atoms with E-state index in [-0.39, 0.29) is 24.0 Å². The van der Waals surface area contributed by atoms with Gasteiger partial charge < -0.3 is 5.32 Å². The summed E-state index contributed by atoms with van der Waals surface area (Å²) in [5.74, 6) is -0.249. The lowest BCUT2D eigenvalue weighted by atomic mass is 10.2. The molecule has 2 heterocycles. The molecule has 2 aliphatic rings. The fourth-order valence-corrected chi connectivity index (χ4v) is 6.40. The van der Waals surface area contributed by atoms with E-state index in [0.717, 1.165) is 19.4 Å². The predicted octanol–water partition coefficient (Wildman–Crippen LogP) is -1.16. The SMILES string of the molecule is O=S1(=O)CCC(S(=O)(=O)NCC2CCCN2)C1. The highest BCUT2D eigenvalue weighted by molar-refractivity contribution is 7.95. The van der Waals surface area contributed by atoms with Crippen LogP contribution in [0.3, 0.4) is 0 Å². The molecule has 2 atom stereocenters. The van der Waals surface area contributed by atoms with Crippen molar-refractivity contribution < 1.29 is 16.8 Å². The second kappa shape index (κ2) is 4.83. The first-order valence-electron chi connectivity index (χ1n) is 5.81. The molecule has 6 nitrogen and oxygen atoms in total. The quantitative estimate of drug-likeness (QED) is 0.679. The van der Waals surface area contributed by atoms with E-state index >= 15 is 0 Å². The van der Waals surface area contributed by atoms with E-state index in [9.17, 15) is 16.8 Å². The number of nitrogens with one attached hydrogen (secondary N) is 2. The van der Waals surface area contributed by atoms with Gasteiger partial charge in [0.2, 0.25) is 10.0 Å². The minimum Gasteiger partial charge on any atom is -0.313 e. The third kappa shape index (κ3) is 3.40. The van der Waals surface area contributed by atoms with Gasteiger partial charge in [0.1, 0.15) is 0 Å². The van der Waals surface area contributed by atoms with E-state index in [1.54, 1.807) is 0 Å². The molecule has 2 aliphatic heterocycles. The third-order valence-electron chi connectivity index (χ3n) is 3.32. The van der Waals surface area contributed by atoms with Gasteiger partial charge in [0, 0.05) is 12.6 Å². The van der Waals surface area contributed by atoms with E-state index in [2.05, 4.69) is 10.0 Å². The van der Waals surface area contributed by atoms with E-state index in [4.69, 9.17) is 0 Å². The van der Waals surface area contributed by atoms with Crippen LogP contribution in [-0.2, 0) is 19.9 Å². The molecule has 2 saturated heterocycles. The van der Waals surface area contributed by atoms with Crippen LogP contribution in [0.5, 0.6) is 0 Å². The zero-order valence-electron chi connectivity index (χ0n) is 9.55. The van der Waals surface area contributed by atoms with Crippen LogP contribution < -0.4 is 10.0 Å². The highest BCUT2D eigenvalue weighted by Crippen LogP contribution is 2.18. The minimum atomic E-state index is -3.49. The van der Waals surface area contributed by atoms with Gasteiger partial charge >= 0.3 is 0 Å². The Labute approximate surface area is 102 Å². The second-order valence-electron chi connectivity index (χ2n) is 4.71. The molecule has 0 aliphatic carbocycles. The van der Waals surface area contributed by atoms with Crippen molar-refractivity contribution in [2.24, 2.45) is 0 Å². The number of hydrogen-bond donors (Lipinski definition) is 2. The maximum atomic E-state index is 11.9. The van der Waals surface area contributed by atoms with Crippen molar-refractivity contribution >= 4 is 19.9 Å². The van der Waals surface area contributed by atoms with Crippen molar-refractivity contribution in [3.63, 3.8) is 0 Å². The molecule has 2 unspecified atom stereocenters. The zero-order chi connectivity index (χ0) is 12.5. The van der Waals surface area contributed by atoms with Crippen LogP contribution in [-0.4, -0.2) is 52.7 Å². The summed E-state index contributed by atoms with van der Waals surface area (Å²) in [5.41, 5.74) is 0. The predicted molar refractivity (Wildman–Crippen MR) is 65.0 cm³/mol. The monoisotopic (exact) mass is 282 g/mol. The maximum Gasteiger partial charge on any atom is 0.215 e. The third-order valence-corrected chi connectivity index (χ3v) is 7.15. The molecule has 0 aromatic heterocycles. The van der Waals surface area contributed by atoms with Crippen molar-refractivity contribution in [1.82, 2.24) is 10.0 Å². The van der Waals surface area contributed by atoms with Crippen LogP contribution in [0.2, 0.25) is 0 Å². The Kier molecular flexibility index (Phi) is 3.77. The molecule has 0 saturated carbocycles. The summed E-state index contributed by atoms with van der Waals surface area (Å²) >= 11 is 0. The standard InChI is InChI=1S/C9H18N2O4S2/c12-16(13)5-3-9(7-16)17(14,15)11-6-8-2-1-4-10-8/h8-11H,1-7H2. The van der Waals surface area contributed by atoms with Crippen molar-refractivity contribution in [2.75, 3.05) is 24.6 Å². The zero-order valence-corrected chi connectivity index (χ0v) is 11.2. The number of rotatable bonds is 4. The van der Waals surface area contributed by atoms with Gasteiger partial charge in [-0.25, -0.2) is 21.6 Å². The van der Waals surface area contributed by atoms with Crippen LogP contribution in [0.4, 0.5) is 0 Å². The van der Waals surface area contributed by atoms with Gasteiger partial charge in [0.05, 0.1) is 16.8 Å². The number of sulfonamides is 1. The average molecular weight is 282 g/mol. The van der Waals surface area contributed by atoms with Gasteiger partial charge in [-0.05, 0) is 25.8 Å². The molecule has 17 heavy (non-hydrogen) atoms. The lowest BCUT2D eigenvalue weighted by Gasteiger charge is -2.14. The smallest absolute Gasteiger partial charge is 0.215 e. The summed E-state index contributed by atoms with van der Waals surface area (Å²) in [6, 6.07) is 0.183. The Bertz CT molecular complexity index is 465. The van der Waals surface area contributed by atoms with Crippen molar-refractivity contribution in [1.29, 1.82) is 0 Å². The number of hydrogen-bond acceptors (Lipinski definition) is 5. The van der Waals surface area contributed by atoms with Crippen molar-refractivity contribution in [3.8, 4) is 0 Å². The lowest BCUT2D eigenvalue weighted by molar-refractivity contribution is 0.543. The molecular formula is C9H18N2O4S2. The molecule has 2 N–H and O–H groups in total. The molecule has 0 aromatic rings. The first-order valence-corrected chi connectivity index (χ1v) is 9.18. The molecule has 0 amide bonds. The first-order chi connectivity index (χ1) is 7.89. The van der Waals surface area contributed by atoms with Crippen LogP contribution in [0, 0.1) is 0 Å². The summed E-state index contributed by atoms with van der Waals surface area (Å²) in [7, 11) is -6.64. The average Bonchev–Trinajstić information content (AvgIpc) is 2.84.